The molecule has 1 saturated carbocycles. The molecule has 0 aromatic carbocycles. The van der Waals surface area contributed by atoms with Crippen LogP contribution in [0.4, 0.5) is 0 Å². The fraction of sp³-hybridized carbons (Fsp3) is 0.667. The molecule has 0 aromatic heterocycles. The predicted octanol–water partition coefficient (Wildman–Crippen LogP) is 2.01. The minimum absolute atomic E-state index is 0.0186. The van der Waals surface area contributed by atoms with Crippen molar-refractivity contribution in [3.05, 3.63) is 11.6 Å². The van der Waals surface area contributed by atoms with Gasteiger partial charge in [-0.1, -0.05) is 25.1 Å². The zero-order valence-electron chi connectivity index (χ0n) is 10.5. The fourth-order valence-corrected chi connectivity index (χ4v) is 2.03. The summed E-state index contributed by atoms with van der Waals surface area (Å²) in [4.78, 5) is 16.1. The van der Waals surface area contributed by atoms with Crippen molar-refractivity contribution in [2.24, 2.45) is 22.4 Å². The normalized spacial score (nSPS) is 27.9. The second-order valence-electron chi connectivity index (χ2n) is 4.68. The summed E-state index contributed by atoms with van der Waals surface area (Å²) in [6, 6.07) is 0. The third-order valence-electron chi connectivity index (χ3n) is 3.17. The quantitative estimate of drug-likeness (QED) is 0.418. The fourth-order valence-electron chi connectivity index (χ4n) is 2.03. The van der Waals surface area contributed by atoms with E-state index in [1.54, 1.807) is 6.21 Å². The molecule has 0 N–H and O–H groups in total. The Morgan fingerprint density at radius 1 is 1.38 bits per heavy atom. The summed E-state index contributed by atoms with van der Waals surface area (Å²) in [5, 5.41) is 3.68. The van der Waals surface area contributed by atoms with Gasteiger partial charge in [-0.25, -0.2) is 0 Å². The van der Waals surface area contributed by atoms with Crippen LogP contribution in [0.1, 0.15) is 20.8 Å². The first-order valence-electron chi connectivity index (χ1n) is 5.28. The topological polar surface area (TPSA) is 47.9 Å². The molecule has 0 spiro atoms. The van der Waals surface area contributed by atoms with Gasteiger partial charge in [-0.3, -0.25) is 4.79 Å². The summed E-state index contributed by atoms with van der Waals surface area (Å²) in [5.41, 5.74) is 0.973. The van der Waals surface area contributed by atoms with E-state index in [1.165, 1.54) is 14.2 Å². The molecule has 0 heterocycles. The maximum absolute atomic E-state index is 11.5. The summed E-state index contributed by atoms with van der Waals surface area (Å²) in [6.07, 6.45) is 3.69. The van der Waals surface area contributed by atoms with Crippen molar-refractivity contribution in [3.63, 3.8) is 0 Å². The van der Waals surface area contributed by atoms with E-state index in [-0.39, 0.29) is 23.2 Å². The molecule has 1 aliphatic carbocycles. The summed E-state index contributed by atoms with van der Waals surface area (Å²) >= 11 is 0. The number of hydrogen-bond acceptors (Lipinski definition) is 4. The van der Waals surface area contributed by atoms with Crippen LogP contribution in [-0.4, -0.2) is 26.4 Å². The highest BCUT2D eigenvalue weighted by Gasteiger charge is 2.61. The monoisotopic (exact) mass is 225 g/mol. The molecule has 16 heavy (non-hydrogen) atoms. The Balaban J connectivity index is 2.70. The number of rotatable bonds is 4. The zero-order chi connectivity index (χ0) is 12.3. The van der Waals surface area contributed by atoms with Crippen molar-refractivity contribution in [2.75, 3.05) is 14.2 Å². The minimum atomic E-state index is -0.136. The zero-order valence-corrected chi connectivity index (χ0v) is 10.5. The molecule has 1 aliphatic rings. The SMILES string of the molecule is CO/N=C/C(C)=C/C1C(C(=O)OC)C1(C)C. The number of nitrogens with zero attached hydrogens (tertiary/aromatic N) is 1. The summed E-state index contributed by atoms with van der Waals surface area (Å²) in [6.45, 7) is 6.07. The van der Waals surface area contributed by atoms with E-state index in [0.717, 1.165) is 5.57 Å². The number of hydrogen-bond donors (Lipinski definition) is 0. The molecule has 2 unspecified atom stereocenters. The van der Waals surface area contributed by atoms with Gasteiger partial charge in [-0.15, -0.1) is 0 Å². The van der Waals surface area contributed by atoms with Crippen molar-refractivity contribution in [2.45, 2.75) is 20.8 Å². The molecule has 0 saturated heterocycles. The summed E-state index contributed by atoms with van der Waals surface area (Å²) < 4.78 is 4.78. The number of ether oxygens (including phenoxy) is 1. The Hall–Kier alpha value is -1.32. The summed E-state index contributed by atoms with van der Waals surface area (Å²) in [5.74, 6) is 0.0504. The first-order chi connectivity index (χ1) is 7.45. The smallest absolute Gasteiger partial charge is 0.309 e. The number of oxime groups is 1. The van der Waals surface area contributed by atoms with Crippen LogP contribution < -0.4 is 0 Å². The molecular formula is C12H19NO3. The number of esters is 1. The van der Waals surface area contributed by atoms with Crippen molar-refractivity contribution in [3.8, 4) is 0 Å². The lowest BCUT2D eigenvalue weighted by Gasteiger charge is -1.99. The lowest BCUT2D eigenvalue weighted by Crippen LogP contribution is -2.07. The molecule has 1 fully saturated rings. The number of carbonyl (C=O) groups is 1. The van der Waals surface area contributed by atoms with E-state index in [9.17, 15) is 4.79 Å². The van der Waals surface area contributed by atoms with E-state index in [4.69, 9.17) is 4.74 Å². The highest BCUT2D eigenvalue weighted by Crippen LogP contribution is 2.59. The van der Waals surface area contributed by atoms with Gasteiger partial charge in [0.05, 0.1) is 19.2 Å². The molecule has 4 nitrogen and oxygen atoms in total. The van der Waals surface area contributed by atoms with Gasteiger partial charge in [-0.2, -0.15) is 0 Å². The highest BCUT2D eigenvalue weighted by atomic mass is 16.6. The van der Waals surface area contributed by atoms with E-state index in [1.807, 2.05) is 13.0 Å². The van der Waals surface area contributed by atoms with Gasteiger partial charge in [0.25, 0.3) is 0 Å². The third-order valence-corrected chi connectivity index (χ3v) is 3.17. The standard InChI is InChI=1S/C12H19NO3/c1-8(7-13-16-5)6-9-10(11(14)15-4)12(9,2)3/h6-7,9-10H,1-5H3/b8-6+,13-7+. The van der Waals surface area contributed by atoms with E-state index < -0.39 is 0 Å². The van der Waals surface area contributed by atoms with Gasteiger partial charge >= 0.3 is 5.97 Å². The van der Waals surface area contributed by atoms with Gasteiger partial charge in [0, 0.05) is 0 Å². The van der Waals surface area contributed by atoms with E-state index >= 15 is 0 Å². The van der Waals surface area contributed by atoms with E-state index in [2.05, 4.69) is 23.8 Å². The lowest BCUT2D eigenvalue weighted by molar-refractivity contribution is -0.143. The van der Waals surface area contributed by atoms with Gasteiger partial charge in [-0.05, 0) is 23.8 Å². The van der Waals surface area contributed by atoms with Crippen LogP contribution in [0.2, 0.25) is 0 Å². The first-order valence-corrected chi connectivity index (χ1v) is 5.28. The van der Waals surface area contributed by atoms with Crippen LogP contribution in [0.5, 0.6) is 0 Å². The third kappa shape index (κ3) is 2.43. The molecule has 2 atom stereocenters. The molecule has 0 bridgehead atoms. The molecule has 1 rings (SSSR count). The highest BCUT2D eigenvalue weighted by molar-refractivity contribution is 5.80. The van der Waals surface area contributed by atoms with Gasteiger partial charge in [0.1, 0.15) is 7.11 Å². The largest absolute Gasteiger partial charge is 0.469 e. The number of carbonyl (C=O) groups excluding carboxylic acids is 1. The van der Waals surface area contributed by atoms with Crippen molar-refractivity contribution in [1.29, 1.82) is 0 Å². The second kappa shape index (κ2) is 4.68. The Morgan fingerprint density at radius 2 is 2.00 bits per heavy atom. The molecule has 0 radical (unpaired) electrons. The van der Waals surface area contributed by atoms with Crippen molar-refractivity contribution < 1.29 is 14.4 Å². The number of methoxy groups -OCH3 is 1. The van der Waals surface area contributed by atoms with Crippen molar-refractivity contribution in [1.82, 2.24) is 0 Å². The Bertz CT molecular complexity index is 331. The van der Waals surface area contributed by atoms with Gasteiger partial charge in [0.15, 0.2) is 0 Å². The van der Waals surface area contributed by atoms with Crippen LogP contribution in [0, 0.1) is 17.3 Å². The average molecular weight is 225 g/mol. The Kier molecular flexibility index (Phi) is 3.73. The van der Waals surface area contributed by atoms with Crippen LogP contribution in [-0.2, 0) is 14.4 Å². The van der Waals surface area contributed by atoms with E-state index in [0.29, 0.717) is 0 Å². The molecule has 0 aliphatic heterocycles. The Labute approximate surface area is 96.3 Å². The number of allylic oxidation sites excluding steroid dienone is 2. The molecule has 0 aromatic rings. The first kappa shape index (κ1) is 12.7. The molecule has 4 heteroatoms. The maximum atomic E-state index is 11.5. The van der Waals surface area contributed by atoms with Crippen molar-refractivity contribution >= 4 is 12.2 Å². The molecule has 90 valence electrons. The second-order valence-corrected chi connectivity index (χ2v) is 4.68. The minimum Gasteiger partial charge on any atom is -0.469 e. The van der Waals surface area contributed by atoms with Gasteiger partial charge in [0.2, 0.25) is 0 Å². The van der Waals surface area contributed by atoms with Crippen LogP contribution in [0.15, 0.2) is 16.8 Å². The Morgan fingerprint density at radius 3 is 2.50 bits per heavy atom. The van der Waals surface area contributed by atoms with Crippen LogP contribution in [0.3, 0.4) is 0 Å². The van der Waals surface area contributed by atoms with Crippen LogP contribution in [0.25, 0.3) is 0 Å². The maximum Gasteiger partial charge on any atom is 0.309 e. The van der Waals surface area contributed by atoms with Crippen LogP contribution >= 0.6 is 0 Å². The summed E-state index contributed by atoms with van der Waals surface area (Å²) in [7, 11) is 2.93. The average Bonchev–Trinajstić information content (AvgIpc) is 2.76. The molecule has 0 amide bonds. The molecular weight excluding hydrogens is 206 g/mol. The van der Waals surface area contributed by atoms with Gasteiger partial charge < -0.3 is 9.57 Å². The predicted molar refractivity (Wildman–Crippen MR) is 62.0 cm³/mol. The lowest BCUT2D eigenvalue weighted by atomic mass is 10.1.